The third-order valence-corrected chi connectivity index (χ3v) is 5.19. The molecule has 0 atom stereocenters. The number of hydrogen-bond acceptors (Lipinski definition) is 7. The van der Waals surface area contributed by atoms with Gasteiger partial charge in [-0.05, 0) is 24.3 Å². The second kappa shape index (κ2) is 12.6. The highest BCUT2D eigenvalue weighted by Crippen LogP contribution is 2.31. The number of alkyl halides is 6. The summed E-state index contributed by atoms with van der Waals surface area (Å²) in [4.78, 5) is 38.5. The van der Waals surface area contributed by atoms with Crippen molar-refractivity contribution in [3.05, 3.63) is 75.9 Å². The number of carboxylic acids is 2. The van der Waals surface area contributed by atoms with Gasteiger partial charge in [0.25, 0.3) is 5.56 Å². The smallest absolute Gasteiger partial charge is 0.475 e. The summed E-state index contributed by atoms with van der Waals surface area (Å²) < 4.78 is 65.7. The fourth-order valence-corrected chi connectivity index (χ4v) is 3.51. The molecule has 0 amide bonds. The molecule has 0 spiro atoms. The molecule has 0 radical (unpaired) electrons. The molecule has 9 nitrogen and oxygen atoms in total. The standard InChI is InChI=1S/C19H12N4OS.2C2HF3O2/c1-23-19(24)16-15(5-4-13-3-2-8-21-11-13)12-25-18(16)17(22-23)14-6-9-20-10-7-14;2*3-2(4,5)1(6)7/h2-3,6-12H,1H3;2*(H,6,7). The highest BCUT2D eigenvalue weighted by atomic mass is 32.1. The van der Waals surface area contributed by atoms with Crippen LogP contribution in [0.2, 0.25) is 0 Å². The second-order valence-corrected chi connectivity index (χ2v) is 7.84. The summed E-state index contributed by atoms with van der Waals surface area (Å²) in [6, 6.07) is 7.48. The van der Waals surface area contributed by atoms with Crippen LogP contribution in [0.25, 0.3) is 21.3 Å². The minimum absolute atomic E-state index is 0.149. The Hall–Kier alpha value is -4.78. The van der Waals surface area contributed by atoms with Crippen LogP contribution in [0.5, 0.6) is 0 Å². The Morgan fingerprint density at radius 2 is 1.49 bits per heavy atom. The van der Waals surface area contributed by atoms with E-state index in [0.29, 0.717) is 10.9 Å². The van der Waals surface area contributed by atoms with Gasteiger partial charge in [0.2, 0.25) is 0 Å². The SMILES string of the molecule is Cn1nc(-c2ccncc2)c2scc(C#Cc3cccnc3)c2c1=O.O=C(O)C(F)(F)F.O=C(O)C(F)(F)F. The first-order valence-corrected chi connectivity index (χ1v) is 10.9. The van der Waals surface area contributed by atoms with Gasteiger partial charge in [0.15, 0.2) is 0 Å². The molecular weight excluding hydrogens is 558 g/mol. The van der Waals surface area contributed by atoms with Crippen LogP contribution >= 0.6 is 11.3 Å². The Kier molecular flexibility index (Phi) is 9.87. The van der Waals surface area contributed by atoms with Crippen molar-refractivity contribution < 1.29 is 46.1 Å². The first-order valence-electron chi connectivity index (χ1n) is 10.0. The predicted octanol–water partition coefficient (Wildman–Crippen LogP) is 4.12. The number of pyridine rings is 2. The van der Waals surface area contributed by atoms with Crippen molar-refractivity contribution in [2.24, 2.45) is 7.05 Å². The van der Waals surface area contributed by atoms with Gasteiger partial charge in [0.1, 0.15) is 5.69 Å². The van der Waals surface area contributed by atoms with Crippen LogP contribution < -0.4 is 5.56 Å². The lowest BCUT2D eigenvalue weighted by Crippen LogP contribution is -2.21. The highest BCUT2D eigenvalue weighted by Gasteiger charge is 2.38. The Labute approximate surface area is 218 Å². The molecule has 39 heavy (non-hydrogen) atoms. The van der Waals surface area contributed by atoms with Crippen LogP contribution in [0, 0.1) is 11.8 Å². The number of aryl methyl sites for hydroxylation is 1. The van der Waals surface area contributed by atoms with Gasteiger partial charge in [-0.15, -0.1) is 11.3 Å². The lowest BCUT2D eigenvalue weighted by atomic mass is 10.1. The van der Waals surface area contributed by atoms with Crippen LogP contribution in [0.1, 0.15) is 11.1 Å². The number of nitrogens with zero attached hydrogens (tertiary/aromatic N) is 4. The minimum atomic E-state index is -5.08. The molecule has 0 unspecified atom stereocenters. The van der Waals surface area contributed by atoms with E-state index >= 15 is 0 Å². The van der Waals surface area contributed by atoms with Gasteiger partial charge in [0, 0.05) is 53.9 Å². The van der Waals surface area contributed by atoms with E-state index in [1.165, 1.54) is 16.0 Å². The molecule has 0 fully saturated rings. The maximum atomic E-state index is 12.6. The molecule has 0 bridgehead atoms. The molecule has 0 saturated carbocycles. The number of rotatable bonds is 1. The molecule has 0 saturated heterocycles. The fraction of sp³-hybridized carbons (Fsp3) is 0.130. The molecule has 4 rings (SSSR count). The van der Waals surface area contributed by atoms with Gasteiger partial charge in [-0.2, -0.15) is 31.4 Å². The van der Waals surface area contributed by atoms with E-state index in [0.717, 1.165) is 21.5 Å². The number of hydrogen-bond donors (Lipinski definition) is 2. The molecule has 4 aromatic rings. The Morgan fingerprint density at radius 3 is 1.97 bits per heavy atom. The number of aromatic nitrogens is 4. The predicted molar refractivity (Wildman–Crippen MR) is 126 cm³/mol. The molecule has 204 valence electrons. The van der Waals surface area contributed by atoms with E-state index in [9.17, 15) is 31.1 Å². The molecule has 16 heteroatoms. The summed E-state index contributed by atoms with van der Waals surface area (Å²) in [6.45, 7) is 0. The minimum Gasteiger partial charge on any atom is -0.475 e. The third kappa shape index (κ3) is 8.64. The van der Waals surface area contributed by atoms with Crippen LogP contribution in [-0.4, -0.2) is 54.3 Å². The van der Waals surface area contributed by atoms with E-state index in [4.69, 9.17) is 19.8 Å². The van der Waals surface area contributed by atoms with Crippen molar-refractivity contribution in [3.63, 3.8) is 0 Å². The van der Waals surface area contributed by atoms with Gasteiger partial charge in [-0.3, -0.25) is 14.8 Å². The van der Waals surface area contributed by atoms with Crippen LogP contribution in [0.3, 0.4) is 0 Å². The number of carboxylic acid groups (broad SMARTS) is 2. The van der Waals surface area contributed by atoms with Gasteiger partial charge in [-0.25, -0.2) is 14.3 Å². The molecule has 0 aromatic carbocycles. The molecule has 0 aliphatic carbocycles. The van der Waals surface area contributed by atoms with Gasteiger partial charge < -0.3 is 10.2 Å². The maximum Gasteiger partial charge on any atom is 0.490 e. The third-order valence-electron chi connectivity index (χ3n) is 4.21. The molecule has 4 heterocycles. The average molecular weight is 572 g/mol. The summed E-state index contributed by atoms with van der Waals surface area (Å²) in [5.74, 6) is 0.644. The van der Waals surface area contributed by atoms with Crippen molar-refractivity contribution >= 4 is 33.4 Å². The highest BCUT2D eigenvalue weighted by molar-refractivity contribution is 7.18. The molecular formula is C23H14F6N4O5S. The summed E-state index contributed by atoms with van der Waals surface area (Å²) in [5, 5.41) is 21.2. The quantitative estimate of drug-likeness (QED) is 0.257. The lowest BCUT2D eigenvalue weighted by Gasteiger charge is -2.05. The Morgan fingerprint density at radius 1 is 0.923 bits per heavy atom. The lowest BCUT2D eigenvalue weighted by molar-refractivity contribution is -0.193. The summed E-state index contributed by atoms with van der Waals surface area (Å²) in [6.07, 6.45) is -3.34. The monoisotopic (exact) mass is 572 g/mol. The normalized spacial score (nSPS) is 10.7. The summed E-state index contributed by atoms with van der Waals surface area (Å²) >= 11 is 1.48. The van der Waals surface area contributed by atoms with Crippen molar-refractivity contribution in [2.45, 2.75) is 12.4 Å². The first-order chi connectivity index (χ1) is 18.1. The molecule has 2 N–H and O–H groups in total. The van der Waals surface area contributed by atoms with Crippen molar-refractivity contribution in [3.8, 4) is 23.1 Å². The zero-order chi connectivity index (χ0) is 29.4. The van der Waals surface area contributed by atoms with E-state index in [1.54, 1.807) is 31.8 Å². The van der Waals surface area contributed by atoms with Gasteiger partial charge in [-0.1, -0.05) is 11.8 Å². The number of halogens is 6. The fourth-order valence-electron chi connectivity index (χ4n) is 2.51. The van der Waals surface area contributed by atoms with E-state index in [-0.39, 0.29) is 5.56 Å². The first kappa shape index (κ1) is 30.4. The number of aliphatic carboxylic acids is 2. The van der Waals surface area contributed by atoms with Crippen LogP contribution in [-0.2, 0) is 16.6 Å². The van der Waals surface area contributed by atoms with E-state index in [1.807, 2.05) is 29.6 Å². The average Bonchev–Trinajstić information content (AvgIpc) is 3.30. The zero-order valence-electron chi connectivity index (χ0n) is 19.3. The zero-order valence-corrected chi connectivity index (χ0v) is 20.1. The topological polar surface area (TPSA) is 135 Å². The second-order valence-electron chi connectivity index (χ2n) is 6.96. The Bertz CT molecular complexity index is 1550. The Balaban J connectivity index is 0.000000317. The van der Waals surface area contributed by atoms with Gasteiger partial charge >= 0.3 is 24.3 Å². The molecule has 0 aliphatic rings. The van der Waals surface area contributed by atoms with Gasteiger partial charge in [0.05, 0.1) is 10.1 Å². The number of thiophene rings is 1. The number of fused-ring (bicyclic) bond motifs is 1. The van der Waals surface area contributed by atoms with Crippen LogP contribution in [0.15, 0.2) is 59.2 Å². The summed E-state index contributed by atoms with van der Waals surface area (Å²) in [5.41, 5.74) is 3.05. The maximum absolute atomic E-state index is 12.6. The van der Waals surface area contributed by atoms with E-state index in [2.05, 4.69) is 26.9 Å². The largest absolute Gasteiger partial charge is 0.490 e. The number of carbonyl (C=O) groups is 2. The van der Waals surface area contributed by atoms with Crippen LogP contribution in [0.4, 0.5) is 26.3 Å². The summed E-state index contributed by atoms with van der Waals surface area (Å²) in [7, 11) is 1.66. The van der Waals surface area contributed by atoms with Crippen molar-refractivity contribution in [2.75, 3.05) is 0 Å². The molecule has 4 aromatic heterocycles. The van der Waals surface area contributed by atoms with Crippen molar-refractivity contribution in [1.82, 2.24) is 19.7 Å². The van der Waals surface area contributed by atoms with Crippen molar-refractivity contribution in [1.29, 1.82) is 0 Å². The van der Waals surface area contributed by atoms with E-state index < -0.39 is 24.3 Å². The molecule has 0 aliphatic heterocycles.